The number of amides is 1. The summed E-state index contributed by atoms with van der Waals surface area (Å²) in [5, 5.41) is 3.55. The Morgan fingerprint density at radius 3 is 2.62 bits per heavy atom. The molecule has 1 aromatic carbocycles. The zero-order valence-corrected chi connectivity index (χ0v) is 14.7. The molecule has 2 unspecified atom stereocenters. The highest BCUT2D eigenvalue weighted by molar-refractivity contribution is 7.91. The fraction of sp³-hybridized carbons (Fsp3) is 0.588. The molecule has 0 saturated carbocycles. The van der Waals surface area contributed by atoms with E-state index < -0.39 is 9.84 Å². The molecule has 2 atom stereocenters. The van der Waals surface area contributed by atoms with Crippen LogP contribution in [0.25, 0.3) is 0 Å². The van der Waals surface area contributed by atoms with Gasteiger partial charge in [-0.2, -0.15) is 0 Å². The van der Waals surface area contributed by atoms with E-state index >= 15 is 0 Å². The Kier molecular flexibility index (Phi) is 5.22. The molecule has 0 spiro atoms. The Balaban J connectivity index is 1.70. The van der Waals surface area contributed by atoms with Gasteiger partial charge in [0, 0.05) is 37.8 Å². The molecule has 1 N–H and O–H groups in total. The van der Waals surface area contributed by atoms with Crippen LogP contribution < -0.4 is 5.32 Å². The molecule has 7 heteroatoms. The lowest BCUT2D eigenvalue weighted by Gasteiger charge is -2.24. The summed E-state index contributed by atoms with van der Waals surface area (Å²) in [4.78, 5) is 14.8. The normalized spacial score (nSPS) is 24.0. The highest BCUT2D eigenvalue weighted by Crippen LogP contribution is 2.22. The van der Waals surface area contributed by atoms with Crippen LogP contribution >= 0.6 is 0 Å². The van der Waals surface area contributed by atoms with Gasteiger partial charge in [-0.25, -0.2) is 8.42 Å². The van der Waals surface area contributed by atoms with Gasteiger partial charge in [0.1, 0.15) is 0 Å². The Bertz CT molecular complexity index is 687. The lowest BCUT2D eigenvalue weighted by Crippen LogP contribution is -2.39. The molecule has 0 aliphatic carbocycles. The maximum atomic E-state index is 12.7. The molecule has 0 radical (unpaired) electrons. The fourth-order valence-electron chi connectivity index (χ4n) is 3.43. The number of ether oxygens (including phenoxy) is 1. The summed E-state index contributed by atoms with van der Waals surface area (Å²) >= 11 is 0. The van der Waals surface area contributed by atoms with Crippen LogP contribution in [0.5, 0.6) is 0 Å². The largest absolute Gasteiger partial charge is 0.384 e. The molecule has 2 saturated heterocycles. The van der Waals surface area contributed by atoms with Gasteiger partial charge < -0.3 is 15.0 Å². The molecule has 3 rings (SSSR count). The van der Waals surface area contributed by atoms with Crippen molar-refractivity contribution in [3.8, 4) is 0 Å². The third-order valence-corrected chi connectivity index (χ3v) is 6.52. The fourth-order valence-corrected chi connectivity index (χ4v) is 4.60. The lowest BCUT2D eigenvalue weighted by atomic mass is 10.1. The number of nitrogens with one attached hydrogen (secondary N) is 1. The van der Waals surface area contributed by atoms with Crippen LogP contribution in [0, 0.1) is 0 Å². The van der Waals surface area contributed by atoms with Gasteiger partial charge in [0.2, 0.25) is 0 Å². The van der Waals surface area contributed by atoms with Crippen molar-refractivity contribution in [1.29, 1.82) is 0 Å². The van der Waals surface area contributed by atoms with Crippen molar-refractivity contribution in [3.63, 3.8) is 0 Å². The van der Waals surface area contributed by atoms with Crippen LogP contribution in [-0.4, -0.2) is 63.9 Å². The van der Waals surface area contributed by atoms with E-state index in [1.165, 1.54) is 25.7 Å². The molecule has 132 valence electrons. The van der Waals surface area contributed by atoms with E-state index in [-0.39, 0.29) is 23.2 Å². The zero-order chi connectivity index (χ0) is 17.2. The van der Waals surface area contributed by atoms with Crippen molar-refractivity contribution >= 4 is 15.7 Å². The monoisotopic (exact) mass is 352 g/mol. The van der Waals surface area contributed by atoms with Gasteiger partial charge >= 0.3 is 0 Å². The van der Waals surface area contributed by atoms with Crippen LogP contribution in [0.3, 0.4) is 0 Å². The number of rotatable bonds is 5. The third-order valence-electron chi connectivity index (χ3n) is 4.83. The molecule has 0 aromatic heterocycles. The van der Waals surface area contributed by atoms with Crippen LogP contribution in [0.4, 0.5) is 0 Å². The summed E-state index contributed by atoms with van der Waals surface area (Å²) in [7, 11) is -1.89. The van der Waals surface area contributed by atoms with Crippen LogP contribution in [0.2, 0.25) is 0 Å². The molecule has 1 amide bonds. The first-order valence-electron chi connectivity index (χ1n) is 8.36. The average Bonchev–Trinajstić information content (AvgIpc) is 2.91. The van der Waals surface area contributed by atoms with Crippen molar-refractivity contribution in [1.82, 2.24) is 10.2 Å². The number of likely N-dealkylation sites (tertiary alicyclic amines) is 1. The van der Waals surface area contributed by atoms with Crippen LogP contribution in [-0.2, 0) is 14.6 Å². The standard InChI is InChI=1S/C17H24N2O4S/c1-23-10-11-24(21,22)16-6-2-13(3-7-16)17(20)19-9-8-14-4-5-15(12-19)18-14/h2-3,6-7,14-15,18H,4-5,8-12H2,1H3. The van der Waals surface area contributed by atoms with E-state index in [1.807, 2.05) is 4.90 Å². The molecule has 2 bridgehead atoms. The highest BCUT2D eigenvalue weighted by Gasteiger charge is 2.31. The number of sulfone groups is 1. The summed E-state index contributed by atoms with van der Waals surface area (Å²) in [5.74, 6) is -0.0809. The first-order chi connectivity index (χ1) is 11.5. The van der Waals surface area contributed by atoms with Crippen molar-refractivity contribution in [3.05, 3.63) is 29.8 Å². The number of hydrogen-bond acceptors (Lipinski definition) is 5. The quantitative estimate of drug-likeness (QED) is 0.858. The van der Waals surface area contributed by atoms with Gasteiger partial charge in [-0.15, -0.1) is 0 Å². The SMILES string of the molecule is COCCS(=O)(=O)c1ccc(C(=O)N2CCC3CCC(C2)N3)cc1. The van der Waals surface area contributed by atoms with Crippen molar-refractivity contribution in [2.45, 2.75) is 36.2 Å². The van der Waals surface area contributed by atoms with Gasteiger partial charge in [0.05, 0.1) is 17.3 Å². The Morgan fingerprint density at radius 1 is 1.21 bits per heavy atom. The molecule has 6 nitrogen and oxygen atoms in total. The zero-order valence-electron chi connectivity index (χ0n) is 13.9. The Hall–Kier alpha value is -1.44. The average molecular weight is 352 g/mol. The van der Waals surface area contributed by atoms with Gasteiger partial charge in [-0.05, 0) is 43.5 Å². The van der Waals surface area contributed by atoms with E-state index in [1.54, 1.807) is 12.1 Å². The maximum absolute atomic E-state index is 12.7. The first kappa shape index (κ1) is 17.4. The van der Waals surface area contributed by atoms with E-state index in [0.29, 0.717) is 17.6 Å². The molecule has 2 heterocycles. The molecule has 1 aromatic rings. The molecule has 2 fully saturated rings. The van der Waals surface area contributed by atoms with Crippen molar-refractivity contribution in [2.24, 2.45) is 0 Å². The topological polar surface area (TPSA) is 75.7 Å². The summed E-state index contributed by atoms with van der Waals surface area (Å²) in [6.07, 6.45) is 3.29. The van der Waals surface area contributed by atoms with E-state index in [0.717, 1.165) is 25.9 Å². The van der Waals surface area contributed by atoms with Crippen LogP contribution in [0.1, 0.15) is 29.6 Å². The highest BCUT2D eigenvalue weighted by atomic mass is 32.2. The first-order valence-corrected chi connectivity index (χ1v) is 10.0. The minimum absolute atomic E-state index is 0.0230. The number of hydrogen-bond donors (Lipinski definition) is 1. The molecule has 2 aliphatic rings. The minimum Gasteiger partial charge on any atom is -0.384 e. The van der Waals surface area contributed by atoms with Crippen LogP contribution in [0.15, 0.2) is 29.2 Å². The summed E-state index contributed by atoms with van der Waals surface area (Å²) in [6.45, 7) is 1.64. The van der Waals surface area contributed by atoms with E-state index in [9.17, 15) is 13.2 Å². The number of carbonyl (C=O) groups excluding carboxylic acids is 1. The van der Waals surface area contributed by atoms with Gasteiger partial charge in [0.25, 0.3) is 5.91 Å². The van der Waals surface area contributed by atoms with Crippen molar-refractivity contribution < 1.29 is 17.9 Å². The predicted molar refractivity (Wildman–Crippen MR) is 90.8 cm³/mol. The minimum atomic E-state index is -3.36. The Labute approximate surface area is 143 Å². The summed E-state index contributed by atoms with van der Waals surface area (Å²) in [5.41, 5.74) is 0.540. The number of carbonyl (C=O) groups is 1. The summed E-state index contributed by atoms with van der Waals surface area (Å²) < 4.78 is 29.1. The van der Waals surface area contributed by atoms with Gasteiger partial charge in [-0.1, -0.05) is 0 Å². The molecule has 2 aliphatic heterocycles. The smallest absolute Gasteiger partial charge is 0.253 e. The number of methoxy groups -OCH3 is 1. The Morgan fingerprint density at radius 2 is 1.92 bits per heavy atom. The lowest BCUT2D eigenvalue weighted by molar-refractivity contribution is 0.0748. The second kappa shape index (κ2) is 7.21. The maximum Gasteiger partial charge on any atom is 0.253 e. The van der Waals surface area contributed by atoms with Gasteiger partial charge in [0.15, 0.2) is 9.84 Å². The summed E-state index contributed by atoms with van der Waals surface area (Å²) in [6, 6.07) is 7.16. The molecular weight excluding hydrogens is 328 g/mol. The predicted octanol–water partition coefficient (Wildman–Crippen LogP) is 1.07. The number of benzene rings is 1. The third kappa shape index (κ3) is 3.79. The second-order valence-corrected chi connectivity index (χ2v) is 8.62. The number of nitrogens with zero attached hydrogens (tertiary/aromatic N) is 1. The van der Waals surface area contributed by atoms with Crippen molar-refractivity contribution in [2.75, 3.05) is 32.6 Å². The van der Waals surface area contributed by atoms with E-state index in [4.69, 9.17) is 4.74 Å². The molecular formula is C17H24N2O4S. The molecule has 24 heavy (non-hydrogen) atoms. The van der Waals surface area contributed by atoms with Gasteiger partial charge in [-0.3, -0.25) is 4.79 Å². The van der Waals surface area contributed by atoms with E-state index in [2.05, 4.69) is 5.32 Å². The second-order valence-electron chi connectivity index (χ2n) is 6.51. The number of fused-ring (bicyclic) bond motifs is 2.